The maximum Gasteiger partial charge on any atom is 0.372 e. The number of thioether (sulfide) groups is 1. The Kier molecular flexibility index (Phi) is 6.66. The van der Waals surface area contributed by atoms with Crippen molar-refractivity contribution in [1.29, 1.82) is 0 Å². The summed E-state index contributed by atoms with van der Waals surface area (Å²) in [5, 5.41) is -0.700. The van der Waals surface area contributed by atoms with Gasteiger partial charge in [-0.1, -0.05) is 42.1 Å². The molecule has 0 saturated carbocycles. The van der Waals surface area contributed by atoms with E-state index < -0.39 is 47.9 Å². The van der Waals surface area contributed by atoms with Crippen molar-refractivity contribution in [1.82, 2.24) is 0 Å². The standard InChI is InChI=1S/C14H12F8OS/c15-10(16)8-13(19,20)14(21,22)12(17,18)6-7-24-11(23)9-4-2-1-3-5-9/h1-5,10H,6-8H2. The van der Waals surface area contributed by atoms with Gasteiger partial charge in [-0.25, -0.2) is 8.78 Å². The molecule has 0 aliphatic rings. The zero-order valence-electron chi connectivity index (χ0n) is 11.9. The van der Waals surface area contributed by atoms with Gasteiger partial charge in [0.15, 0.2) is 0 Å². The smallest absolute Gasteiger partial charge is 0.282 e. The maximum absolute atomic E-state index is 13.4. The average molecular weight is 380 g/mol. The van der Waals surface area contributed by atoms with Gasteiger partial charge in [-0.2, -0.15) is 26.3 Å². The number of hydrogen-bond donors (Lipinski definition) is 0. The summed E-state index contributed by atoms with van der Waals surface area (Å²) >= 11 is 0.252. The molecule has 0 amide bonds. The summed E-state index contributed by atoms with van der Waals surface area (Å²) in [5.41, 5.74) is 0.126. The SMILES string of the molecule is O=C(SCCC(F)(F)C(F)(F)C(F)(F)CC(F)F)c1ccccc1. The van der Waals surface area contributed by atoms with Crippen LogP contribution >= 0.6 is 11.8 Å². The average Bonchev–Trinajstić information content (AvgIpc) is 2.46. The molecular formula is C14H12F8OS. The third-order valence-electron chi connectivity index (χ3n) is 2.99. The van der Waals surface area contributed by atoms with Crippen LogP contribution in [0.5, 0.6) is 0 Å². The van der Waals surface area contributed by atoms with Gasteiger partial charge in [-0.05, 0) is 0 Å². The third kappa shape index (κ3) is 4.84. The molecule has 0 saturated heterocycles. The molecule has 0 aliphatic carbocycles. The number of rotatable bonds is 8. The van der Waals surface area contributed by atoms with E-state index in [1.165, 1.54) is 24.3 Å². The summed E-state index contributed by atoms with van der Waals surface area (Å²) in [6.45, 7) is 0. The zero-order valence-corrected chi connectivity index (χ0v) is 12.7. The highest BCUT2D eigenvalue weighted by atomic mass is 32.2. The Hall–Kier alpha value is -1.32. The molecule has 1 aromatic rings. The van der Waals surface area contributed by atoms with Gasteiger partial charge in [0.2, 0.25) is 11.5 Å². The van der Waals surface area contributed by atoms with Gasteiger partial charge in [0.25, 0.3) is 0 Å². The molecule has 1 rings (SSSR count). The van der Waals surface area contributed by atoms with Crippen LogP contribution in [0.2, 0.25) is 0 Å². The predicted octanol–water partition coefficient (Wildman–Crippen LogP) is 5.51. The lowest BCUT2D eigenvalue weighted by Gasteiger charge is -2.32. The highest BCUT2D eigenvalue weighted by Crippen LogP contribution is 2.49. The van der Waals surface area contributed by atoms with E-state index in [-0.39, 0.29) is 17.3 Å². The van der Waals surface area contributed by atoms with E-state index in [2.05, 4.69) is 0 Å². The van der Waals surface area contributed by atoms with Crippen LogP contribution in [0, 0.1) is 0 Å². The van der Waals surface area contributed by atoms with Crippen molar-refractivity contribution < 1.29 is 39.9 Å². The monoisotopic (exact) mass is 380 g/mol. The summed E-state index contributed by atoms with van der Waals surface area (Å²) in [6.07, 6.45) is -8.30. The molecule has 0 aliphatic heterocycles. The first-order chi connectivity index (χ1) is 10.9. The van der Waals surface area contributed by atoms with Crippen LogP contribution in [0.15, 0.2) is 30.3 Å². The summed E-state index contributed by atoms with van der Waals surface area (Å²) in [7, 11) is 0. The van der Waals surface area contributed by atoms with Gasteiger partial charge in [0, 0.05) is 17.7 Å². The van der Waals surface area contributed by atoms with Crippen LogP contribution in [0.25, 0.3) is 0 Å². The molecule has 1 aromatic carbocycles. The molecule has 0 bridgehead atoms. The van der Waals surface area contributed by atoms with Crippen molar-refractivity contribution in [3.8, 4) is 0 Å². The molecule has 10 heteroatoms. The van der Waals surface area contributed by atoms with Crippen LogP contribution < -0.4 is 0 Å². The van der Waals surface area contributed by atoms with Gasteiger partial charge in [0.1, 0.15) is 0 Å². The number of carbonyl (C=O) groups is 1. The molecule has 0 N–H and O–H groups in total. The van der Waals surface area contributed by atoms with E-state index in [0.717, 1.165) is 0 Å². The number of hydrogen-bond acceptors (Lipinski definition) is 2. The number of benzene rings is 1. The molecular weight excluding hydrogens is 368 g/mol. The Balaban J connectivity index is 2.69. The van der Waals surface area contributed by atoms with Gasteiger partial charge >= 0.3 is 17.8 Å². The normalized spacial score (nSPS) is 13.4. The summed E-state index contributed by atoms with van der Waals surface area (Å²) in [5.74, 6) is -17.6. The van der Waals surface area contributed by atoms with E-state index in [4.69, 9.17) is 0 Å². The van der Waals surface area contributed by atoms with Crippen LogP contribution in [-0.2, 0) is 0 Å². The van der Waals surface area contributed by atoms with Gasteiger partial charge < -0.3 is 0 Å². The number of halogens is 8. The second-order valence-corrected chi connectivity index (χ2v) is 5.90. The van der Waals surface area contributed by atoms with E-state index >= 15 is 0 Å². The molecule has 1 nitrogen and oxygen atoms in total. The quantitative estimate of drug-likeness (QED) is 0.553. The lowest BCUT2D eigenvalue weighted by Crippen LogP contribution is -2.55. The Bertz CT molecular complexity index is 547. The highest BCUT2D eigenvalue weighted by molar-refractivity contribution is 8.14. The molecule has 0 fully saturated rings. The zero-order chi connectivity index (χ0) is 18.6. The fourth-order valence-electron chi connectivity index (χ4n) is 1.68. The first-order valence-electron chi connectivity index (χ1n) is 6.54. The Morgan fingerprint density at radius 1 is 0.958 bits per heavy atom. The number of carbonyl (C=O) groups excluding carboxylic acids is 1. The first-order valence-corrected chi connectivity index (χ1v) is 7.53. The highest BCUT2D eigenvalue weighted by Gasteiger charge is 2.71. The fourth-order valence-corrected chi connectivity index (χ4v) is 2.52. The second-order valence-electron chi connectivity index (χ2n) is 4.83. The maximum atomic E-state index is 13.4. The fraction of sp³-hybridized carbons (Fsp3) is 0.500. The second kappa shape index (κ2) is 7.71. The molecule has 0 spiro atoms. The van der Waals surface area contributed by atoms with Crippen LogP contribution in [0.1, 0.15) is 23.2 Å². The molecule has 0 radical (unpaired) electrons. The van der Waals surface area contributed by atoms with Crippen molar-refractivity contribution in [2.75, 3.05) is 5.75 Å². The lowest BCUT2D eigenvalue weighted by atomic mass is 10.00. The van der Waals surface area contributed by atoms with Crippen LogP contribution in [0.4, 0.5) is 35.1 Å². The van der Waals surface area contributed by atoms with Gasteiger partial charge in [-0.3, -0.25) is 4.79 Å². The van der Waals surface area contributed by atoms with Crippen LogP contribution in [-0.4, -0.2) is 35.1 Å². The Morgan fingerprint density at radius 2 is 1.50 bits per heavy atom. The minimum absolute atomic E-state index is 0.126. The molecule has 0 aromatic heterocycles. The van der Waals surface area contributed by atoms with Crippen molar-refractivity contribution in [2.24, 2.45) is 0 Å². The summed E-state index contributed by atoms with van der Waals surface area (Å²) in [4.78, 5) is 11.6. The molecule has 0 atom stereocenters. The summed E-state index contributed by atoms with van der Waals surface area (Å²) in [6, 6.07) is 7.28. The molecule has 0 unspecified atom stereocenters. The Morgan fingerprint density at radius 3 is 2.00 bits per heavy atom. The van der Waals surface area contributed by atoms with Gasteiger partial charge in [0.05, 0.1) is 6.42 Å². The van der Waals surface area contributed by atoms with Crippen molar-refractivity contribution in [3.05, 3.63) is 35.9 Å². The van der Waals surface area contributed by atoms with E-state index in [9.17, 15) is 39.9 Å². The topological polar surface area (TPSA) is 17.1 Å². The van der Waals surface area contributed by atoms with Crippen molar-refractivity contribution in [3.63, 3.8) is 0 Å². The minimum Gasteiger partial charge on any atom is -0.282 e. The van der Waals surface area contributed by atoms with Crippen molar-refractivity contribution in [2.45, 2.75) is 37.0 Å². The van der Waals surface area contributed by atoms with E-state index in [1.54, 1.807) is 6.07 Å². The first kappa shape index (κ1) is 20.7. The largest absolute Gasteiger partial charge is 0.372 e. The predicted molar refractivity (Wildman–Crippen MR) is 73.3 cm³/mol. The number of alkyl halides is 8. The van der Waals surface area contributed by atoms with Gasteiger partial charge in [-0.15, -0.1) is 0 Å². The van der Waals surface area contributed by atoms with Crippen molar-refractivity contribution >= 4 is 16.9 Å². The minimum atomic E-state index is -5.95. The third-order valence-corrected chi connectivity index (χ3v) is 3.89. The van der Waals surface area contributed by atoms with E-state index in [0.29, 0.717) is 0 Å². The molecule has 24 heavy (non-hydrogen) atoms. The molecule has 0 heterocycles. The molecule has 136 valence electrons. The van der Waals surface area contributed by atoms with Crippen LogP contribution in [0.3, 0.4) is 0 Å². The summed E-state index contributed by atoms with van der Waals surface area (Å²) < 4.78 is 103. The van der Waals surface area contributed by atoms with E-state index in [1.807, 2.05) is 0 Å². The lowest BCUT2D eigenvalue weighted by molar-refractivity contribution is -0.316. The Labute approximate surface area is 136 Å².